The van der Waals surface area contributed by atoms with E-state index in [4.69, 9.17) is 0 Å². The first-order valence-electron chi connectivity index (χ1n) is 4.06. The van der Waals surface area contributed by atoms with Gasteiger partial charge in [0.1, 0.15) is 0 Å². The predicted octanol–water partition coefficient (Wildman–Crippen LogP) is 1.55. The Kier molecular flexibility index (Phi) is 1.57. The Morgan fingerprint density at radius 1 is 1.17 bits per heavy atom. The Hall–Kier alpha value is -1.38. The molecule has 0 saturated heterocycles. The minimum absolute atomic E-state index is 0.839. The number of nitrogens with zero attached hydrogens (tertiary/aromatic N) is 1. The van der Waals surface area contributed by atoms with E-state index in [1.807, 2.05) is 14.1 Å². The molecule has 3 heteroatoms. The van der Waals surface area contributed by atoms with Gasteiger partial charge in [0.05, 0.1) is 18.0 Å². The predicted molar refractivity (Wildman–Crippen MR) is 52.9 cm³/mol. The molecule has 0 aliphatic carbocycles. The number of fused-ring (bicyclic) bond motifs is 1. The molecule has 0 atom stereocenters. The number of hydrogen-bond acceptors (Lipinski definition) is 3. The smallest absolute Gasteiger partial charge is 0.0850 e. The zero-order valence-corrected chi connectivity index (χ0v) is 7.39. The SMILES string of the molecule is CN(C)c1ccc2c(c1)NCN2. The van der Waals surface area contributed by atoms with E-state index in [0.717, 1.165) is 6.67 Å². The third-order valence-corrected chi connectivity index (χ3v) is 2.08. The third-order valence-electron chi connectivity index (χ3n) is 2.08. The lowest BCUT2D eigenvalue weighted by atomic mass is 10.2. The number of anilines is 3. The molecule has 0 aromatic heterocycles. The standard InChI is InChI=1S/C9H13N3/c1-12(2)7-3-4-8-9(5-7)11-6-10-8/h3-5,10-11H,6H2,1-2H3. The summed E-state index contributed by atoms with van der Waals surface area (Å²) in [5.74, 6) is 0. The fourth-order valence-electron chi connectivity index (χ4n) is 1.35. The molecule has 2 rings (SSSR count). The average molecular weight is 163 g/mol. The van der Waals surface area contributed by atoms with Crippen LogP contribution in [0.25, 0.3) is 0 Å². The highest BCUT2D eigenvalue weighted by atomic mass is 15.1. The van der Waals surface area contributed by atoms with Gasteiger partial charge < -0.3 is 15.5 Å². The van der Waals surface area contributed by atoms with Gasteiger partial charge in [0.2, 0.25) is 0 Å². The van der Waals surface area contributed by atoms with Gasteiger partial charge >= 0.3 is 0 Å². The van der Waals surface area contributed by atoms with Crippen molar-refractivity contribution in [2.45, 2.75) is 0 Å². The zero-order chi connectivity index (χ0) is 8.55. The molecule has 0 amide bonds. The molecule has 0 saturated carbocycles. The molecular weight excluding hydrogens is 150 g/mol. The molecule has 1 heterocycles. The minimum Gasteiger partial charge on any atom is -0.378 e. The van der Waals surface area contributed by atoms with Crippen LogP contribution in [0.1, 0.15) is 0 Å². The fraction of sp³-hybridized carbons (Fsp3) is 0.333. The van der Waals surface area contributed by atoms with Gasteiger partial charge in [-0.05, 0) is 18.2 Å². The first-order valence-corrected chi connectivity index (χ1v) is 4.06. The van der Waals surface area contributed by atoms with Crippen LogP contribution in [0.4, 0.5) is 17.1 Å². The minimum atomic E-state index is 0.839. The van der Waals surface area contributed by atoms with Crippen molar-refractivity contribution in [2.24, 2.45) is 0 Å². The van der Waals surface area contributed by atoms with Crippen LogP contribution < -0.4 is 15.5 Å². The average Bonchev–Trinajstić information content (AvgIpc) is 2.49. The van der Waals surface area contributed by atoms with Gasteiger partial charge in [-0.1, -0.05) is 0 Å². The van der Waals surface area contributed by atoms with Crippen molar-refractivity contribution in [3.8, 4) is 0 Å². The highest BCUT2D eigenvalue weighted by Gasteiger charge is 2.08. The van der Waals surface area contributed by atoms with E-state index in [1.165, 1.54) is 17.1 Å². The molecular formula is C9H13N3. The molecule has 2 N–H and O–H groups in total. The Morgan fingerprint density at radius 3 is 2.67 bits per heavy atom. The lowest BCUT2D eigenvalue weighted by Gasteiger charge is -2.13. The maximum absolute atomic E-state index is 3.26. The Labute approximate surface area is 72.4 Å². The van der Waals surface area contributed by atoms with Crippen LogP contribution in [0.3, 0.4) is 0 Å². The second-order valence-corrected chi connectivity index (χ2v) is 3.15. The molecule has 3 nitrogen and oxygen atoms in total. The van der Waals surface area contributed by atoms with Crippen molar-refractivity contribution < 1.29 is 0 Å². The Morgan fingerprint density at radius 2 is 1.92 bits per heavy atom. The van der Waals surface area contributed by atoms with Crippen LogP contribution in [-0.2, 0) is 0 Å². The summed E-state index contributed by atoms with van der Waals surface area (Å²) in [6.07, 6.45) is 0. The van der Waals surface area contributed by atoms with E-state index in [0.29, 0.717) is 0 Å². The van der Waals surface area contributed by atoms with E-state index in [9.17, 15) is 0 Å². The van der Waals surface area contributed by atoms with E-state index >= 15 is 0 Å². The van der Waals surface area contributed by atoms with Gasteiger partial charge in [0.25, 0.3) is 0 Å². The van der Waals surface area contributed by atoms with Crippen LogP contribution >= 0.6 is 0 Å². The molecule has 1 aliphatic heterocycles. The zero-order valence-electron chi connectivity index (χ0n) is 7.39. The van der Waals surface area contributed by atoms with Crippen molar-refractivity contribution in [1.29, 1.82) is 0 Å². The maximum atomic E-state index is 3.26. The van der Waals surface area contributed by atoms with Crippen LogP contribution in [0.2, 0.25) is 0 Å². The highest BCUT2D eigenvalue weighted by molar-refractivity contribution is 5.77. The summed E-state index contributed by atoms with van der Waals surface area (Å²) < 4.78 is 0. The van der Waals surface area contributed by atoms with Crippen molar-refractivity contribution >= 4 is 17.1 Å². The number of benzene rings is 1. The second kappa shape index (κ2) is 2.59. The monoisotopic (exact) mass is 163 g/mol. The molecule has 0 bridgehead atoms. The summed E-state index contributed by atoms with van der Waals surface area (Å²) in [7, 11) is 4.09. The van der Waals surface area contributed by atoms with Crippen molar-refractivity contribution in [3.05, 3.63) is 18.2 Å². The third kappa shape index (κ3) is 1.07. The maximum Gasteiger partial charge on any atom is 0.0850 e. The highest BCUT2D eigenvalue weighted by Crippen LogP contribution is 2.29. The van der Waals surface area contributed by atoms with Crippen molar-refractivity contribution in [2.75, 3.05) is 36.3 Å². The molecule has 64 valence electrons. The first kappa shape index (κ1) is 7.28. The molecule has 12 heavy (non-hydrogen) atoms. The van der Waals surface area contributed by atoms with E-state index in [-0.39, 0.29) is 0 Å². The van der Waals surface area contributed by atoms with Crippen molar-refractivity contribution in [3.63, 3.8) is 0 Å². The number of nitrogens with one attached hydrogen (secondary N) is 2. The second-order valence-electron chi connectivity index (χ2n) is 3.15. The van der Waals surface area contributed by atoms with Gasteiger partial charge in [-0.25, -0.2) is 0 Å². The molecule has 1 aromatic carbocycles. The van der Waals surface area contributed by atoms with Crippen LogP contribution in [0.15, 0.2) is 18.2 Å². The summed E-state index contributed by atoms with van der Waals surface area (Å²) in [4.78, 5) is 2.10. The number of rotatable bonds is 1. The summed E-state index contributed by atoms with van der Waals surface area (Å²) in [5.41, 5.74) is 3.62. The summed E-state index contributed by atoms with van der Waals surface area (Å²) in [5, 5.41) is 6.49. The molecule has 0 unspecified atom stereocenters. The fourth-order valence-corrected chi connectivity index (χ4v) is 1.35. The Balaban J connectivity index is 2.39. The van der Waals surface area contributed by atoms with Gasteiger partial charge in [0, 0.05) is 19.8 Å². The van der Waals surface area contributed by atoms with Gasteiger partial charge in [-0.15, -0.1) is 0 Å². The summed E-state index contributed by atoms with van der Waals surface area (Å²) in [6.45, 7) is 0.839. The summed E-state index contributed by atoms with van der Waals surface area (Å²) in [6, 6.07) is 6.36. The normalized spacial score (nSPS) is 13.2. The Bertz CT molecular complexity index is 294. The largest absolute Gasteiger partial charge is 0.378 e. The van der Waals surface area contributed by atoms with E-state index < -0.39 is 0 Å². The number of hydrogen-bond donors (Lipinski definition) is 2. The molecule has 1 aromatic rings. The lowest BCUT2D eigenvalue weighted by Crippen LogP contribution is -2.08. The van der Waals surface area contributed by atoms with E-state index in [1.54, 1.807) is 0 Å². The van der Waals surface area contributed by atoms with E-state index in [2.05, 4.69) is 33.7 Å². The van der Waals surface area contributed by atoms with Crippen molar-refractivity contribution in [1.82, 2.24) is 0 Å². The molecule has 0 fully saturated rings. The van der Waals surface area contributed by atoms with Crippen LogP contribution in [0.5, 0.6) is 0 Å². The van der Waals surface area contributed by atoms with Crippen LogP contribution in [-0.4, -0.2) is 20.8 Å². The van der Waals surface area contributed by atoms with Crippen LogP contribution in [0, 0.1) is 0 Å². The van der Waals surface area contributed by atoms with Gasteiger partial charge in [-0.2, -0.15) is 0 Å². The van der Waals surface area contributed by atoms with Gasteiger partial charge in [0.15, 0.2) is 0 Å². The lowest BCUT2D eigenvalue weighted by molar-refractivity contribution is 1.13. The van der Waals surface area contributed by atoms with Gasteiger partial charge in [-0.3, -0.25) is 0 Å². The molecule has 1 aliphatic rings. The molecule has 0 radical (unpaired) electrons. The first-order chi connectivity index (χ1) is 5.77. The topological polar surface area (TPSA) is 27.3 Å². The quantitative estimate of drug-likeness (QED) is 0.657. The summed E-state index contributed by atoms with van der Waals surface area (Å²) >= 11 is 0. The molecule has 0 spiro atoms.